The lowest BCUT2D eigenvalue weighted by Crippen LogP contribution is -2.03. The first-order valence-corrected chi connectivity index (χ1v) is 8.10. The van der Waals surface area contributed by atoms with E-state index in [1.165, 1.54) is 0 Å². The first-order valence-electron chi connectivity index (χ1n) is 8.10. The van der Waals surface area contributed by atoms with Crippen molar-refractivity contribution in [3.63, 3.8) is 0 Å². The van der Waals surface area contributed by atoms with Crippen molar-refractivity contribution in [2.24, 2.45) is 0 Å². The van der Waals surface area contributed by atoms with Crippen LogP contribution in [0.3, 0.4) is 0 Å². The van der Waals surface area contributed by atoms with E-state index in [1.807, 2.05) is 36.4 Å². The topological polar surface area (TPSA) is 80.5 Å². The van der Waals surface area contributed by atoms with Gasteiger partial charge in [0.2, 0.25) is 0 Å². The second kappa shape index (κ2) is 6.18. The van der Waals surface area contributed by atoms with Crippen molar-refractivity contribution >= 4 is 16.9 Å². The smallest absolute Gasteiger partial charge is 0.166 e. The van der Waals surface area contributed by atoms with Gasteiger partial charge in [-0.05, 0) is 36.8 Å². The summed E-state index contributed by atoms with van der Waals surface area (Å²) in [5, 5.41) is 14.6. The number of nitrogens with zero attached hydrogens (tertiary/aromatic N) is 4. The van der Waals surface area contributed by atoms with Crippen LogP contribution in [0, 0.1) is 29.9 Å². The fourth-order valence-corrected chi connectivity index (χ4v) is 3.18. The molecule has 0 unspecified atom stereocenters. The molecule has 0 spiro atoms. The maximum atomic E-state index is 13.8. The minimum absolute atomic E-state index is 0.0262. The van der Waals surface area contributed by atoms with Crippen molar-refractivity contribution in [3.8, 4) is 22.9 Å². The van der Waals surface area contributed by atoms with Crippen LogP contribution in [-0.2, 0) is 0 Å². The fourth-order valence-electron chi connectivity index (χ4n) is 3.18. The molecule has 5 nitrogen and oxygen atoms in total. The Balaban J connectivity index is 2.15. The lowest BCUT2D eigenvalue weighted by atomic mass is 9.97. The molecule has 0 atom stereocenters. The molecule has 2 heterocycles. The fraction of sp³-hybridized carbons (Fsp3) is 0.0500. The summed E-state index contributed by atoms with van der Waals surface area (Å²) in [6, 6.07) is 14.4. The molecule has 2 aromatic carbocycles. The molecule has 0 aliphatic heterocycles. The molecule has 0 bridgehead atoms. The number of benzene rings is 2. The van der Waals surface area contributed by atoms with E-state index in [9.17, 15) is 14.0 Å². The highest BCUT2D eigenvalue weighted by Gasteiger charge is 2.22. The van der Waals surface area contributed by atoms with E-state index < -0.39 is 11.6 Å². The van der Waals surface area contributed by atoms with E-state index in [4.69, 9.17) is 5.73 Å². The van der Waals surface area contributed by atoms with E-state index in [-0.39, 0.29) is 16.9 Å². The minimum atomic E-state index is -0.745. The van der Waals surface area contributed by atoms with Gasteiger partial charge in [-0.25, -0.2) is 18.4 Å². The summed E-state index contributed by atoms with van der Waals surface area (Å²) >= 11 is 0. The number of halogens is 2. The lowest BCUT2D eigenvalue weighted by molar-refractivity contribution is 0.584. The molecule has 0 fully saturated rings. The van der Waals surface area contributed by atoms with Gasteiger partial charge < -0.3 is 5.73 Å². The number of nitriles is 1. The predicted molar refractivity (Wildman–Crippen MR) is 98.1 cm³/mol. The Kier molecular flexibility index (Phi) is 3.81. The first kappa shape index (κ1) is 16.7. The maximum absolute atomic E-state index is 13.8. The van der Waals surface area contributed by atoms with Crippen molar-refractivity contribution in [1.29, 1.82) is 5.26 Å². The number of aromatic nitrogens is 3. The van der Waals surface area contributed by atoms with Crippen molar-refractivity contribution < 1.29 is 8.78 Å². The highest BCUT2D eigenvalue weighted by Crippen LogP contribution is 2.37. The zero-order valence-corrected chi connectivity index (χ0v) is 14.2. The number of para-hydroxylation sites is 1. The highest BCUT2D eigenvalue weighted by molar-refractivity contribution is 6.00. The number of fused-ring (bicyclic) bond motifs is 1. The predicted octanol–water partition coefficient (Wildman–Crippen LogP) is 4.13. The van der Waals surface area contributed by atoms with Gasteiger partial charge >= 0.3 is 0 Å². The van der Waals surface area contributed by atoms with Crippen molar-refractivity contribution in [1.82, 2.24) is 14.8 Å². The Morgan fingerprint density at radius 2 is 1.74 bits per heavy atom. The third-order valence-corrected chi connectivity index (χ3v) is 4.28. The zero-order chi connectivity index (χ0) is 19.1. The summed E-state index contributed by atoms with van der Waals surface area (Å²) in [4.78, 5) is 4.34. The molecule has 0 saturated heterocycles. The quantitative estimate of drug-likeness (QED) is 0.582. The number of hydrogen-bond donors (Lipinski definition) is 1. The van der Waals surface area contributed by atoms with Crippen molar-refractivity contribution in [3.05, 3.63) is 71.4 Å². The Labute approximate surface area is 153 Å². The van der Waals surface area contributed by atoms with Gasteiger partial charge in [0.25, 0.3) is 0 Å². The molecule has 2 N–H and O–H groups in total. The molecule has 2 aromatic heterocycles. The third-order valence-electron chi connectivity index (χ3n) is 4.28. The average molecular weight is 361 g/mol. The van der Waals surface area contributed by atoms with Crippen LogP contribution in [0.4, 0.5) is 14.6 Å². The summed E-state index contributed by atoms with van der Waals surface area (Å²) in [6.07, 6.45) is 0. The van der Waals surface area contributed by atoms with Gasteiger partial charge in [-0.3, -0.25) is 0 Å². The summed E-state index contributed by atoms with van der Waals surface area (Å²) in [5.41, 5.74) is 8.32. The second-order valence-electron chi connectivity index (χ2n) is 6.05. The number of hydrogen-bond acceptors (Lipinski definition) is 4. The highest BCUT2D eigenvalue weighted by atomic mass is 19.1. The molecule has 0 aliphatic carbocycles. The molecule has 7 heteroatoms. The SMILES string of the molecule is Cc1nn(-c2ccccc2)c2nc(N)c(C#N)c(-c3cc(F)cc(F)c3)c12. The van der Waals surface area contributed by atoms with Crippen LogP contribution in [0.5, 0.6) is 0 Å². The minimum Gasteiger partial charge on any atom is -0.383 e. The van der Waals surface area contributed by atoms with Crippen LogP contribution < -0.4 is 5.73 Å². The van der Waals surface area contributed by atoms with Crippen LogP contribution in [-0.4, -0.2) is 14.8 Å². The molecule has 27 heavy (non-hydrogen) atoms. The first-order chi connectivity index (χ1) is 13.0. The molecule has 0 aliphatic rings. The molecule has 132 valence electrons. The van der Waals surface area contributed by atoms with Gasteiger partial charge in [-0.15, -0.1) is 0 Å². The number of anilines is 1. The summed E-state index contributed by atoms with van der Waals surface area (Å²) in [6.45, 7) is 1.75. The Morgan fingerprint density at radius 3 is 2.37 bits per heavy atom. The molecule has 0 radical (unpaired) electrons. The van der Waals surface area contributed by atoms with Gasteiger partial charge in [0.15, 0.2) is 5.65 Å². The van der Waals surface area contributed by atoms with Gasteiger partial charge in [0.1, 0.15) is 29.1 Å². The van der Waals surface area contributed by atoms with Crippen LogP contribution in [0.15, 0.2) is 48.5 Å². The Hall–Kier alpha value is -3.79. The van der Waals surface area contributed by atoms with E-state index in [0.29, 0.717) is 22.3 Å². The molecule has 4 rings (SSSR count). The number of nitrogens with two attached hydrogens (primary N) is 1. The second-order valence-corrected chi connectivity index (χ2v) is 6.05. The van der Waals surface area contributed by atoms with Crippen molar-refractivity contribution in [2.75, 3.05) is 5.73 Å². The molecular formula is C20H13F2N5. The number of nitrogen functional groups attached to an aromatic ring is 1. The lowest BCUT2D eigenvalue weighted by Gasteiger charge is -2.10. The molecular weight excluding hydrogens is 348 g/mol. The van der Waals surface area contributed by atoms with Crippen LogP contribution >= 0.6 is 0 Å². The standard InChI is InChI=1S/C20H13F2N5/c1-11-17-18(12-7-13(21)9-14(22)8-12)16(10-23)19(24)25-20(17)27(26-11)15-5-3-2-4-6-15/h2-9H,1H3,(H2,24,25). The number of aryl methyl sites for hydroxylation is 1. The van der Waals surface area contributed by atoms with E-state index in [1.54, 1.807) is 11.6 Å². The largest absolute Gasteiger partial charge is 0.383 e. The molecule has 0 saturated carbocycles. The Morgan fingerprint density at radius 1 is 1.07 bits per heavy atom. The number of rotatable bonds is 2. The van der Waals surface area contributed by atoms with Crippen LogP contribution in [0.1, 0.15) is 11.3 Å². The molecule has 0 amide bonds. The van der Waals surface area contributed by atoms with Gasteiger partial charge in [-0.1, -0.05) is 18.2 Å². The third kappa shape index (κ3) is 2.68. The normalized spacial score (nSPS) is 10.9. The zero-order valence-electron chi connectivity index (χ0n) is 14.2. The van der Waals surface area contributed by atoms with E-state index >= 15 is 0 Å². The van der Waals surface area contributed by atoms with Crippen molar-refractivity contribution in [2.45, 2.75) is 6.92 Å². The van der Waals surface area contributed by atoms with Gasteiger partial charge in [-0.2, -0.15) is 10.4 Å². The molecule has 4 aromatic rings. The average Bonchev–Trinajstić information content (AvgIpc) is 2.96. The number of pyridine rings is 1. The van der Waals surface area contributed by atoms with E-state index in [2.05, 4.69) is 10.1 Å². The van der Waals surface area contributed by atoms with Gasteiger partial charge in [0, 0.05) is 11.6 Å². The Bertz CT molecular complexity index is 1200. The summed E-state index contributed by atoms with van der Waals surface area (Å²) in [5.74, 6) is -1.52. The summed E-state index contributed by atoms with van der Waals surface area (Å²) < 4.78 is 29.3. The van der Waals surface area contributed by atoms with Crippen LogP contribution in [0.2, 0.25) is 0 Å². The van der Waals surface area contributed by atoms with E-state index in [0.717, 1.165) is 23.9 Å². The maximum Gasteiger partial charge on any atom is 0.166 e. The van der Waals surface area contributed by atoms with Crippen LogP contribution in [0.25, 0.3) is 27.8 Å². The van der Waals surface area contributed by atoms with Gasteiger partial charge in [0.05, 0.1) is 16.8 Å². The summed E-state index contributed by atoms with van der Waals surface area (Å²) in [7, 11) is 0. The monoisotopic (exact) mass is 361 g/mol.